The summed E-state index contributed by atoms with van der Waals surface area (Å²) in [5, 5.41) is 22.8. The van der Waals surface area contributed by atoms with Crippen LogP contribution in [0.4, 0.5) is 0 Å². The largest absolute Gasteiger partial charge is 0.507 e. The Balaban J connectivity index is 2.10. The van der Waals surface area contributed by atoms with Crippen molar-refractivity contribution in [3.63, 3.8) is 0 Å². The lowest BCUT2D eigenvalue weighted by Gasteiger charge is -2.34. The van der Waals surface area contributed by atoms with Crippen LogP contribution in [-0.4, -0.2) is 40.9 Å². The summed E-state index contributed by atoms with van der Waals surface area (Å²) in [6.45, 7) is 4.13. The van der Waals surface area contributed by atoms with E-state index in [0.717, 1.165) is 6.42 Å². The zero-order chi connectivity index (χ0) is 20.6. The SMILES string of the molecule is CNC1=CC(=O)c2c(cc3c(c2O)C(CCC(C)C)OC(CC(=O)O)C3)C1=O. The summed E-state index contributed by atoms with van der Waals surface area (Å²) in [4.78, 5) is 36.4. The molecule has 0 saturated carbocycles. The highest BCUT2D eigenvalue weighted by Crippen LogP contribution is 2.44. The number of phenols is 1. The van der Waals surface area contributed by atoms with Crippen molar-refractivity contribution in [3.8, 4) is 5.75 Å². The van der Waals surface area contributed by atoms with Gasteiger partial charge in [-0.05, 0) is 36.8 Å². The molecule has 1 heterocycles. The third kappa shape index (κ3) is 3.67. The number of nitrogens with one attached hydrogen (secondary N) is 1. The number of carboxylic acids is 1. The van der Waals surface area contributed by atoms with Crippen molar-refractivity contribution in [2.75, 3.05) is 7.05 Å². The molecule has 2 unspecified atom stereocenters. The Hall–Kier alpha value is -2.67. The van der Waals surface area contributed by atoms with Crippen LogP contribution in [0.3, 0.4) is 0 Å². The predicted octanol–water partition coefficient (Wildman–Crippen LogP) is 2.77. The van der Waals surface area contributed by atoms with Crippen molar-refractivity contribution in [2.24, 2.45) is 5.92 Å². The number of aliphatic carboxylic acids is 1. The van der Waals surface area contributed by atoms with Gasteiger partial charge in [0.1, 0.15) is 5.75 Å². The maximum absolute atomic E-state index is 12.7. The van der Waals surface area contributed by atoms with E-state index in [2.05, 4.69) is 19.2 Å². The van der Waals surface area contributed by atoms with Gasteiger partial charge in [0.25, 0.3) is 0 Å². The normalized spacial score (nSPS) is 21.2. The summed E-state index contributed by atoms with van der Waals surface area (Å²) in [5.74, 6) is -1.59. The first-order valence-corrected chi connectivity index (χ1v) is 9.47. The first kappa shape index (κ1) is 20.1. The minimum absolute atomic E-state index is 0.00224. The number of phenolic OH excluding ortho intramolecular Hbond substituents is 1. The summed E-state index contributed by atoms with van der Waals surface area (Å²) < 4.78 is 5.99. The zero-order valence-corrected chi connectivity index (χ0v) is 16.2. The quantitative estimate of drug-likeness (QED) is 0.688. The highest BCUT2D eigenvalue weighted by molar-refractivity contribution is 6.25. The number of allylic oxidation sites excluding steroid dienone is 2. The van der Waals surface area contributed by atoms with Crippen molar-refractivity contribution >= 4 is 17.5 Å². The molecular formula is C21H25NO6. The maximum Gasteiger partial charge on any atom is 0.305 e. The molecule has 0 bridgehead atoms. The van der Waals surface area contributed by atoms with Crippen molar-refractivity contribution in [1.29, 1.82) is 0 Å². The Bertz CT molecular complexity index is 870. The number of carbonyl (C=O) groups is 3. The Labute approximate surface area is 163 Å². The average Bonchev–Trinajstić information content (AvgIpc) is 2.61. The van der Waals surface area contributed by atoms with Gasteiger partial charge in [0.2, 0.25) is 5.78 Å². The molecule has 28 heavy (non-hydrogen) atoms. The predicted molar refractivity (Wildman–Crippen MR) is 102 cm³/mol. The number of rotatable bonds is 6. The van der Waals surface area contributed by atoms with E-state index in [1.54, 1.807) is 13.1 Å². The fourth-order valence-corrected chi connectivity index (χ4v) is 3.90. The number of benzene rings is 1. The lowest BCUT2D eigenvalue weighted by atomic mass is 9.82. The second-order valence-electron chi connectivity index (χ2n) is 7.74. The number of hydrogen-bond acceptors (Lipinski definition) is 6. The minimum atomic E-state index is -0.968. The van der Waals surface area contributed by atoms with Crippen molar-refractivity contribution in [2.45, 2.75) is 51.7 Å². The molecule has 1 aromatic rings. The van der Waals surface area contributed by atoms with Gasteiger partial charge in [0, 0.05) is 24.3 Å². The highest BCUT2D eigenvalue weighted by Gasteiger charge is 2.37. The van der Waals surface area contributed by atoms with Crippen molar-refractivity contribution in [1.82, 2.24) is 5.32 Å². The van der Waals surface area contributed by atoms with E-state index < -0.39 is 24.0 Å². The molecule has 2 aliphatic rings. The number of carbonyl (C=O) groups excluding carboxylic acids is 2. The van der Waals surface area contributed by atoms with E-state index in [4.69, 9.17) is 9.84 Å². The van der Waals surface area contributed by atoms with Crippen LogP contribution < -0.4 is 5.32 Å². The smallest absolute Gasteiger partial charge is 0.305 e. The van der Waals surface area contributed by atoms with Crippen LogP contribution in [-0.2, 0) is 16.0 Å². The van der Waals surface area contributed by atoms with Gasteiger partial charge in [0.15, 0.2) is 5.78 Å². The van der Waals surface area contributed by atoms with E-state index >= 15 is 0 Å². The van der Waals surface area contributed by atoms with Gasteiger partial charge in [0.05, 0.1) is 29.9 Å². The molecule has 0 fully saturated rings. The van der Waals surface area contributed by atoms with Gasteiger partial charge in [-0.2, -0.15) is 0 Å². The van der Waals surface area contributed by atoms with Gasteiger partial charge in [-0.3, -0.25) is 14.4 Å². The number of likely N-dealkylation sites (N-methyl/N-ethyl adjacent to an activating group) is 1. The lowest BCUT2D eigenvalue weighted by Crippen LogP contribution is -2.31. The summed E-state index contributed by atoms with van der Waals surface area (Å²) in [6.07, 6.45) is 1.64. The molecule has 0 saturated heterocycles. The molecule has 1 aromatic carbocycles. The van der Waals surface area contributed by atoms with Crippen LogP contribution in [0, 0.1) is 5.92 Å². The summed E-state index contributed by atoms with van der Waals surface area (Å²) in [7, 11) is 1.55. The number of fused-ring (bicyclic) bond motifs is 2. The number of hydrogen-bond donors (Lipinski definition) is 3. The molecule has 1 aliphatic carbocycles. The fourth-order valence-electron chi connectivity index (χ4n) is 3.90. The Kier molecular flexibility index (Phi) is 5.56. The molecule has 0 spiro atoms. The van der Waals surface area contributed by atoms with E-state index in [9.17, 15) is 19.5 Å². The Morgan fingerprint density at radius 2 is 2.07 bits per heavy atom. The van der Waals surface area contributed by atoms with Gasteiger partial charge < -0.3 is 20.3 Å². The third-order valence-corrected chi connectivity index (χ3v) is 5.24. The van der Waals surface area contributed by atoms with E-state index in [1.807, 2.05) is 0 Å². The summed E-state index contributed by atoms with van der Waals surface area (Å²) in [6, 6.07) is 1.62. The number of carboxylic acid groups (broad SMARTS) is 1. The summed E-state index contributed by atoms with van der Waals surface area (Å²) >= 11 is 0. The van der Waals surface area contributed by atoms with Gasteiger partial charge in [-0.25, -0.2) is 0 Å². The molecule has 1 aliphatic heterocycles. The maximum atomic E-state index is 12.7. The molecule has 0 aromatic heterocycles. The van der Waals surface area contributed by atoms with Crippen LogP contribution >= 0.6 is 0 Å². The minimum Gasteiger partial charge on any atom is -0.507 e. The number of Topliss-reactive ketones (excluding diaryl/α,β-unsaturated/α-hetero) is 1. The first-order chi connectivity index (χ1) is 13.2. The Morgan fingerprint density at radius 3 is 2.68 bits per heavy atom. The molecule has 7 nitrogen and oxygen atoms in total. The molecule has 3 rings (SSSR count). The second kappa shape index (κ2) is 7.75. The van der Waals surface area contributed by atoms with Gasteiger partial charge >= 0.3 is 5.97 Å². The van der Waals surface area contributed by atoms with Crippen LogP contribution in [0.25, 0.3) is 0 Å². The molecule has 7 heteroatoms. The van der Waals surface area contributed by atoms with E-state index in [1.165, 1.54) is 6.08 Å². The molecule has 0 radical (unpaired) electrons. The van der Waals surface area contributed by atoms with Crippen molar-refractivity contribution < 1.29 is 29.3 Å². The third-order valence-electron chi connectivity index (χ3n) is 5.24. The monoisotopic (exact) mass is 387 g/mol. The zero-order valence-electron chi connectivity index (χ0n) is 16.2. The van der Waals surface area contributed by atoms with Crippen LogP contribution in [0.5, 0.6) is 5.75 Å². The molecular weight excluding hydrogens is 362 g/mol. The van der Waals surface area contributed by atoms with E-state index in [-0.39, 0.29) is 41.2 Å². The van der Waals surface area contributed by atoms with Gasteiger partial charge in [-0.15, -0.1) is 0 Å². The standard InChI is InChI=1S/C21H25NO6/c1-10(2)4-5-16-18-11(6-12(28-16)8-17(24)25)7-13-19(21(18)27)15(23)9-14(22-3)20(13)26/h7,9-10,12,16,22,27H,4-6,8H2,1-3H3,(H,24,25). The molecule has 150 valence electrons. The van der Waals surface area contributed by atoms with Crippen molar-refractivity contribution in [3.05, 3.63) is 40.1 Å². The van der Waals surface area contributed by atoms with Crippen LogP contribution in [0.2, 0.25) is 0 Å². The van der Waals surface area contributed by atoms with Crippen LogP contribution in [0.1, 0.15) is 71.1 Å². The fraction of sp³-hybridized carbons (Fsp3) is 0.476. The van der Waals surface area contributed by atoms with Crippen LogP contribution in [0.15, 0.2) is 17.8 Å². The first-order valence-electron chi connectivity index (χ1n) is 9.47. The molecule has 2 atom stereocenters. The van der Waals surface area contributed by atoms with Gasteiger partial charge in [-0.1, -0.05) is 13.8 Å². The molecule has 3 N–H and O–H groups in total. The number of ketones is 2. The summed E-state index contributed by atoms with van der Waals surface area (Å²) in [5.41, 5.74) is 1.48. The second-order valence-corrected chi connectivity index (χ2v) is 7.74. The number of ether oxygens (including phenoxy) is 1. The average molecular weight is 387 g/mol. The number of aromatic hydroxyl groups is 1. The lowest BCUT2D eigenvalue weighted by molar-refractivity contribution is -0.142. The topological polar surface area (TPSA) is 113 Å². The molecule has 0 amide bonds. The Morgan fingerprint density at radius 1 is 1.36 bits per heavy atom. The van der Waals surface area contributed by atoms with E-state index in [0.29, 0.717) is 23.5 Å². The highest BCUT2D eigenvalue weighted by atomic mass is 16.5.